The molecule has 1 aliphatic heterocycles. The summed E-state index contributed by atoms with van der Waals surface area (Å²) in [4.78, 5) is 4.07. The Morgan fingerprint density at radius 1 is 1.45 bits per heavy atom. The normalized spacial score (nSPS) is 21.2. The van der Waals surface area contributed by atoms with Gasteiger partial charge in [-0.15, -0.1) is 0 Å². The molecule has 1 N–H and O–H groups in total. The number of rotatable bonds is 6. The second-order valence-corrected chi connectivity index (χ2v) is 7.04. The van der Waals surface area contributed by atoms with Gasteiger partial charge in [0.25, 0.3) is 10.0 Å². The molecule has 114 valence electrons. The number of piperidine rings is 1. The van der Waals surface area contributed by atoms with E-state index in [1.165, 1.54) is 0 Å². The molecule has 1 atom stereocenters. The number of imidazole rings is 1. The van der Waals surface area contributed by atoms with E-state index < -0.39 is 10.0 Å². The molecule has 0 amide bonds. The Labute approximate surface area is 121 Å². The third-order valence-electron chi connectivity index (χ3n) is 3.85. The largest absolute Gasteiger partial charge is 0.336 e. The lowest BCUT2D eigenvalue weighted by atomic mass is 10.0. The summed E-state index contributed by atoms with van der Waals surface area (Å²) >= 11 is 0. The van der Waals surface area contributed by atoms with Crippen LogP contribution in [0.5, 0.6) is 0 Å². The molecule has 0 saturated carbocycles. The Morgan fingerprint density at radius 3 is 2.90 bits per heavy atom. The maximum Gasteiger partial charge on any atom is 0.262 e. The van der Waals surface area contributed by atoms with Crippen LogP contribution in [0.2, 0.25) is 0 Å². The van der Waals surface area contributed by atoms with Gasteiger partial charge in [-0.05, 0) is 39.8 Å². The summed E-state index contributed by atoms with van der Waals surface area (Å²) in [7, 11) is -1.56. The first-order chi connectivity index (χ1) is 9.59. The molecule has 0 aromatic carbocycles. The Morgan fingerprint density at radius 2 is 2.25 bits per heavy atom. The van der Waals surface area contributed by atoms with Gasteiger partial charge in [-0.3, -0.25) is 0 Å². The molecule has 0 aliphatic carbocycles. The van der Waals surface area contributed by atoms with Gasteiger partial charge in [0, 0.05) is 25.3 Å². The van der Waals surface area contributed by atoms with Crippen LogP contribution in [0, 0.1) is 0 Å². The van der Waals surface area contributed by atoms with Crippen LogP contribution in [-0.2, 0) is 16.6 Å². The molecule has 6 nitrogen and oxygen atoms in total. The molecule has 1 aromatic rings. The maximum atomic E-state index is 12.7. The van der Waals surface area contributed by atoms with Gasteiger partial charge in [0.2, 0.25) is 0 Å². The van der Waals surface area contributed by atoms with Crippen molar-refractivity contribution in [2.45, 2.75) is 50.2 Å². The second kappa shape index (κ2) is 6.69. The van der Waals surface area contributed by atoms with Crippen LogP contribution in [0.1, 0.15) is 32.6 Å². The molecular weight excluding hydrogens is 276 g/mol. The average molecular weight is 300 g/mol. The molecule has 0 bridgehead atoms. The number of aromatic nitrogens is 2. The van der Waals surface area contributed by atoms with Gasteiger partial charge in [0.15, 0.2) is 5.03 Å². The van der Waals surface area contributed by atoms with Crippen molar-refractivity contribution < 1.29 is 8.42 Å². The van der Waals surface area contributed by atoms with Crippen LogP contribution in [0.3, 0.4) is 0 Å². The predicted molar refractivity (Wildman–Crippen MR) is 78.0 cm³/mol. The molecule has 2 heterocycles. The third-order valence-corrected chi connectivity index (χ3v) is 5.69. The summed E-state index contributed by atoms with van der Waals surface area (Å²) in [5.41, 5.74) is 0. The van der Waals surface area contributed by atoms with Crippen molar-refractivity contribution in [3.63, 3.8) is 0 Å². The number of aryl methyl sites for hydroxylation is 1. The fraction of sp³-hybridized carbons (Fsp3) is 0.769. The van der Waals surface area contributed by atoms with E-state index in [0.29, 0.717) is 6.54 Å². The lowest BCUT2D eigenvalue weighted by Crippen LogP contribution is -2.44. The lowest BCUT2D eigenvalue weighted by Gasteiger charge is -2.34. The summed E-state index contributed by atoms with van der Waals surface area (Å²) in [6, 6.07) is 0.0907. The highest BCUT2D eigenvalue weighted by Crippen LogP contribution is 2.26. The Balaban J connectivity index is 2.20. The van der Waals surface area contributed by atoms with E-state index in [9.17, 15) is 8.42 Å². The van der Waals surface area contributed by atoms with Crippen LogP contribution in [-0.4, -0.2) is 48.5 Å². The summed E-state index contributed by atoms with van der Waals surface area (Å²) in [6.45, 7) is 4.14. The minimum atomic E-state index is -3.46. The first kappa shape index (κ1) is 15.5. The number of nitrogens with zero attached hydrogens (tertiary/aromatic N) is 3. The molecule has 2 rings (SSSR count). The van der Waals surface area contributed by atoms with Gasteiger partial charge in [-0.2, -0.15) is 4.31 Å². The number of sulfonamides is 1. The highest BCUT2D eigenvalue weighted by Gasteiger charge is 2.34. The summed E-state index contributed by atoms with van der Waals surface area (Å²) in [5, 5.41) is 3.28. The molecule has 7 heteroatoms. The summed E-state index contributed by atoms with van der Waals surface area (Å²) in [5.74, 6) is 0. The molecule has 1 aliphatic rings. The van der Waals surface area contributed by atoms with Crippen LogP contribution in [0.4, 0.5) is 0 Å². The fourth-order valence-corrected chi connectivity index (χ4v) is 4.32. The lowest BCUT2D eigenvalue weighted by molar-refractivity contribution is 0.240. The van der Waals surface area contributed by atoms with E-state index >= 15 is 0 Å². The topological polar surface area (TPSA) is 67.2 Å². The zero-order chi connectivity index (χ0) is 14.6. The van der Waals surface area contributed by atoms with Gasteiger partial charge < -0.3 is 9.88 Å². The maximum absolute atomic E-state index is 12.7. The smallest absolute Gasteiger partial charge is 0.262 e. The van der Waals surface area contributed by atoms with Crippen molar-refractivity contribution >= 4 is 10.0 Å². The number of nitrogens with one attached hydrogen (secondary N) is 1. The molecule has 0 spiro atoms. The minimum Gasteiger partial charge on any atom is -0.336 e. The van der Waals surface area contributed by atoms with Crippen LogP contribution >= 0.6 is 0 Å². The zero-order valence-corrected chi connectivity index (χ0v) is 13.1. The van der Waals surface area contributed by atoms with Gasteiger partial charge in [0.1, 0.15) is 0 Å². The van der Waals surface area contributed by atoms with E-state index in [1.807, 2.05) is 14.0 Å². The van der Waals surface area contributed by atoms with Crippen molar-refractivity contribution in [1.29, 1.82) is 0 Å². The molecule has 20 heavy (non-hydrogen) atoms. The number of hydrogen-bond acceptors (Lipinski definition) is 4. The van der Waals surface area contributed by atoms with E-state index in [4.69, 9.17) is 0 Å². The minimum absolute atomic E-state index is 0.0907. The van der Waals surface area contributed by atoms with Crippen LogP contribution in [0.25, 0.3) is 0 Å². The standard InChI is InChI=1S/C13H24N4O2S/c1-3-16-10-13(15-11-16)20(18,19)17-9-5-4-6-12(17)7-8-14-2/h10-12,14H,3-9H2,1-2H3. The van der Waals surface area contributed by atoms with Crippen molar-refractivity contribution in [1.82, 2.24) is 19.2 Å². The van der Waals surface area contributed by atoms with E-state index in [-0.39, 0.29) is 11.1 Å². The average Bonchev–Trinajstić information content (AvgIpc) is 2.95. The van der Waals surface area contributed by atoms with Gasteiger partial charge in [0.05, 0.1) is 6.33 Å². The van der Waals surface area contributed by atoms with Crippen molar-refractivity contribution in [2.75, 3.05) is 20.1 Å². The molecule has 1 aromatic heterocycles. The first-order valence-corrected chi connectivity index (χ1v) is 8.71. The van der Waals surface area contributed by atoms with Crippen molar-refractivity contribution in [2.24, 2.45) is 0 Å². The Kier molecular flexibility index (Phi) is 5.17. The molecule has 1 saturated heterocycles. The summed E-state index contributed by atoms with van der Waals surface area (Å²) < 4.78 is 28.9. The van der Waals surface area contributed by atoms with E-state index in [1.54, 1.807) is 21.4 Å². The van der Waals surface area contributed by atoms with Gasteiger partial charge >= 0.3 is 0 Å². The first-order valence-electron chi connectivity index (χ1n) is 7.27. The highest BCUT2D eigenvalue weighted by molar-refractivity contribution is 7.89. The highest BCUT2D eigenvalue weighted by atomic mass is 32.2. The van der Waals surface area contributed by atoms with E-state index in [2.05, 4.69) is 10.3 Å². The van der Waals surface area contributed by atoms with Gasteiger partial charge in [-0.1, -0.05) is 6.42 Å². The Hall–Kier alpha value is -0.920. The SMILES string of the molecule is CCn1cnc(S(=O)(=O)N2CCCCC2CCNC)c1. The third kappa shape index (κ3) is 3.21. The quantitative estimate of drug-likeness (QED) is 0.853. The Bertz CT molecular complexity index is 526. The van der Waals surface area contributed by atoms with Gasteiger partial charge in [-0.25, -0.2) is 13.4 Å². The predicted octanol–water partition coefficient (Wildman–Crippen LogP) is 1.06. The molecule has 0 radical (unpaired) electrons. The zero-order valence-electron chi connectivity index (χ0n) is 12.2. The molecule has 1 fully saturated rings. The van der Waals surface area contributed by atoms with Crippen molar-refractivity contribution in [3.05, 3.63) is 12.5 Å². The summed E-state index contributed by atoms with van der Waals surface area (Å²) in [6.07, 6.45) is 7.03. The molecule has 1 unspecified atom stereocenters. The molecular formula is C13H24N4O2S. The van der Waals surface area contributed by atoms with Crippen LogP contribution < -0.4 is 5.32 Å². The second-order valence-electron chi connectivity index (χ2n) is 5.20. The van der Waals surface area contributed by atoms with Crippen LogP contribution in [0.15, 0.2) is 17.6 Å². The fourth-order valence-electron chi connectivity index (χ4n) is 2.66. The van der Waals surface area contributed by atoms with Crippen molar-refractivity contribution in [3.8, 4) is 0 Å². The number of hydrogen-bond donors (Lipinski definition) is 1. The van der Waals surface area contributed by atoms with E-state index in [0.717, 1.165) is 38.8 Å². The monoisotopic (exact) mass is 300 g/mol.